The molecule has 1 aromatic carbocycles. The molecule has 1 aromatic rings. The third-order valence-electron chi connectivity index (χ3n) is 4.83. The molecule has 1 aliphatic carbocycles. The van der Waals surface area contributed by atoms with Gasteiger partial charge in [0.2, 0.25) is 0 Å². The molecule has 0 aliphatic heterocycles. The van der Waals surface area contributed by atoms with Gasteiger partial charge in [0.25, 0.3) is 0 Å². The Labute approximate surface area is 164 Å². The summed E-state index contributed by atoms with van der Waals surface area (Å²) >= 11 is 0. The first kappa shape index (κ1) is 21.5. The zero-order valence-electron chi connectivity index (χ0n) is 17.4. The van der Waals surface area contributed by atoms with Crippen LogP contribution in [0.15, 0.2) is 23.2 Å². The Morgan fingerprint density at radius 1 is 1.22 bits per heavy atom. The van der Waals surface area contributed by atoms with E-state index in [9.17, 15) is 0 Å². The van der Waals surface area contributed by atoms with Gasteiger partial charge < -0.3 is 20.1 Å². The predicted octanol–water partition coefficient (Wildman–Crippen LogP) is 2.21. The fourth-order valence-electron chi connectivity index (χ4n) is 3.10. The number of rotatable bonds is 12. The van der Waals surface area contributed by atoms with Crippen LogP contribution in [0.4, 0.5) is 0 Å². The van der Waals surface area contributed by atoms with Crippen molar-refractivity contribution in [2.45, 2.75) is 39.2 Å². The number of guanidine groups is 1. The van der Waals surface area contributed by atoms with E-state index >= 15 is 0 Å². The van der Waals surface area contributed by atoms with Gasteiger partial charge in [-0.25, -0.2) is 0 Å². The van der Waals surface area contributed by atoms with Crippen LogP contribution in [-0.4, -0.2) is 70.5 Å². The normalized spacial score (nSPS) is 14.5. The van der Waals surface area contributed by atoms with Crippen molar-refractivity contribution in [1.29, 1.82) is 0 Å². The highest BCUT2D eigenvalue weighted by Crippen LogP contribution is 2.26. The molecule has 2 N–H and O–H groups in total. The Morgan fingerprint density at radius 2 is 2.04 bits per heavy atom. The SMILES string of the molecule is CCNC(=NCCN(CCOC)C1CC1)NCCc1ccc(C)c(OC)c1. The van der Waals surface area contributed by atoms with E-state index in [1.54, 1.807) is 14.2 Å². The van der Waals surface area contributed by atoms with Crippen LogP contribution in [0.5, 0.6) is 5.75 Å². The summed E-state index contributed by atoms with van der Waals surface area (Å²) in [4.78, 5) is 7.23. The van der Waals surface area contributed by atoms with Gasteiger partial charge in [0.05, 0.1) is 20.3 Å². The summed E-state index contributed by atoms with van der Waals surface area (Å²) < 4.78 is 10.6. The molecule has 0 bridgehead atoms. The van der Waals surface area contributed by atoms with Gasteiger partial charge in [0.15, 0.2) is 5.96 Å². The van der Waals surface area contributed by atoms with E-state index in [1.165, 1.54) is 18.4 Å². The topological polar surface area (TPSA) is 58.1 Å². The molecular weight excluding hydrogens is 340 g/mol. The average Bonchev–Trinajstić information content (AvgIpc) is 3.51. The molecule has 0 heterocycles. The number of hydrogen-bond acceptors (Lipinski definition) is 4. The number of benzene rings is 1. The molecule has 0 saturated heterocycles. The Balaban J connectivity index is 1.78. The van der Waals surface area contributed by atoms with Crippen LogP contribution in [0.2, 0.25) is 0 Å². The lowest BCUT2D eigenvalue weighted by Crippen LogP contribution is -2.39. The molecule has 1 fully saturated rings. The Hall–Kier alpha value is -1.79. The van der Waals surface area contributed by atoms with E-state index in [4.69, 9.17) is 14.5 Å². The number of aliphatic imine (C=N–C) groups is 1. The van der Waals surface area contributed by atoms with Crippen LogP contribution in [0, 0.1) is 6.92 Å². The first-order valence-electron chi connectivity index (χ1n) is 10.1. The van der Waals surface area contributed by atoms with Gasteiger partial charge >= 0.3 is 0 Å². The van der Waals surface area contributed by atoms with E-state index in [0.717, 1.165) is 69.1 Å². The molecule has 6 nitrogen and oxygen atoms in total. The lowest BCUT2D eigenvalue weighted by molar-refractivity contribution is 0.145. The van der Waals surface area contributed by atoms with Crippen molar-refractivity contribution in [3.8, 4) is 5.75 Å². The van der Waals surface area contributed by atoms with Crippen molar-refractivity contribution in [3.63, 3.8) is 0 Å². The molecule has 1 saturated carbocycles. The fraction of sp³-hybridized carbons (Fsp3) is 0.667. The van der Waals surface area contributed by atoms with E-state index in [1.807, 2.05) is 0 Å². The lowest BCUT2D eigenvalue weighted by atomic mass is 10.1. The quantitative estimate of drug-likeness (QED) is 0.433. The maximum atomic E-state index is 5.41. The van der Waals surface area contributed by atoms with Gasteiger partial charge in [-0.1, -0.05) is 12.1 Å². The first-order valence-corrected chi connectivity index (χ1v) is 10.1. The highest BCUT2D eigenvalue weighted by molar-refractivity contribution is 5.79. The molecule has 1 aliphatic rings. The van der Waals surface area contributed by atoms with Gasteiger partial charge in [-0.05, 0) is 50.3 Å². The number of aryl methyl sites for hydroxylation is 1. The third kappa shape index (κ3) is 7.77. The summed E-state index contributed by atoms with van der Waals surface area (Å²) in [6, 6.07) is 7.12. The van der Waals surface area contributed by atoms with Gasteiger partial charge in [-0.2, -0.15) is 0 Å². The van der Waals surface area contributed by atoms with Crippen molar-refractivity contribution in [1.82, 2.24) is 15.5 Å². The van der Waals surface area contributed by atoms with Crippen LogP contribution in [0.1, 0.15) is 30.9 Å². The van der Waals surface area contributed by atoms with Gasteiger partial charge in [0.1, 0.15) is 5.75 Å². The second kappa shape index (κ2) is 11.8. The van der Waals surface area contributed by atoms with Crippen LogP contribution in [-0.2, 0) is 11.2 Å². The smallest absolute Gasteiger partial charge is 0.191 e. The van der Waals surface area contributed by atoms with Gasteiger partial charge in [0, 0.05) is 39.3 Å². The van der Waals surface area contributed by atoms with E-state index in [0.29, 0.717) is 0 Å². The monoisotopic (exact) mass is 376 g/mol. The van der Waals surface area contributed by atoms with E-state index in [2.05, 4.69) is 47.6 Å². The number of hydrogen-bond donors (Lipinski definition) is 2. The third-order valence-corrected chi connectivity index (χ3v) is 4.83. The average molecular weight is 377 g/mol. The standard InChI is InChI=1S/C21H36N4O2/c1-5-22-21(24-12-13-25(14-15-26-3)19-8-9-19)23-11-10-18-7-6-17(2)20(16-18)27-4/h6-7,16,19H,5,8-15H2,1-4H3,(H2,22,23,24). The molecule has 0 amide bonds. The highest BCUT2D eigenvalue weighted by Gasteiger charge is 2.28. The summed E-state index contributed by atoms with van der Waals surface area (Å²) in [5.74, 6) is 1.84. The van der Waals surface area contributed by atoms with Crippen LogP contribution < -0.4 is 15.4 Å². The summed E-state index contributed by atoms with van der Waals surface area (Å²) in [5.41, 5.74) is 2.43. The molecule has 0 unspecified atom stereocenters. The molecular formula is C21H36N4O2. The Bertz CT molecular complexity index is 588. The summed E-state index contributed by atoms with van der Waals surface area (Å²) in [5, 5.41) is 6.77. The molecule has 0 atom stereocenters. The molecule has 152 valence electrons. The second-order valence-corrected chi connectivity index (χ2v) is 7.00. The number of methoxy groups -OCH3 is 2. The van der Waals surface area contributed by atoms with Crippen molar-refractivity contribution in [2.75, 3.05) is 53.6 Å². The molecule has 6 heteroatoms. The van der Waals surface area contributed by atoms with E-state index < -0.39 is 0 Å². The van der Waals surface area contributed by atoms with Gasteiger partial charge in [-0.3, -0.25) is 9.89 Å². The second-order valence-electron chi connectivity index (χ2n) is 7.00. The minimum Gasteiger partial charge on any atom is -0.496 e. The van der Waals surface area contributed by atoms with Crippen molar-refractivity contribution in [3.05, 3.63) is 29.3 Å². The zero-order chi connectivity index (χ0) is 19.5. The van der Waals surface area contributed by atoms with Gasteiger partial charge in [-0.15, -0.1) is 0 Å². The largest absolute Gasteiger partial charge is 0.496 e. The maximum absolute atomic E-state index is 5.41. The molecule has 0 radical (unpaired) electrons. The highest BCUT2D eigenvalue weighted by atomic mass is 16.5. The van der Waals surface area contributed by atoms with E-state index in [-0.39, 0.29) is 0 Å². The number of ether oxygens (including phenoxy) is 2. The van der Waals surface area contributed by atoms with Crippen molar-refractivity contribution in [2.24, 2.45) is 4.99 Å². The van der Waals surface area contributed by atoms with Crippen LogP contribution in [0.25, 0.3) is 0 Å². The molecule has 2 rings (SSSR count). The summed E-state index contributed by atoms with van der Waals surface area (Å²) in [6.45, 7) is 9.43. The summed E-state index contributed by atoms with van der Waals surface area (Å²) in [6.07, 6.45) is 3.56. The van der Waals surface area contributed by atoms with Crippen molar-refractivity contribution >= 4 is 5.96 Å². The molecule has 0 spiro atoms. The predicted molar refractivity (Wildman–Crippen MR) is 112 cm³/mol. The van der Waals surface area contributed by atoms with Crippen molar-refractivity contribution < 1.29 is 9.47 Å². The van der Waals surface area contributed by atoms with Crippen LogP contribution in [0.3, 0.4) is 0 Å². The molecule has 0 aromatic heterocycles. The zero-order valence-corrected chi connectivity index (χ0v) is 17.4. The minimum absolute atomic E-state index is 0.738. The number of nitrogens with zero attached hydrogens (tertiary/aromatic N) is 2. The van der Waals surface area contributed by atoms with Crippen LogP contribution >= 0.6 is 0 Å². The number of nitrogens with one attached hydrogen (secondary N) is 2. The maximum Gasteiger partial charge on any atom is 0.191 e. The molecule has 27 heavy (non-hydrogen) atoms. The minimum atomic E-state index is 0.738. The Kier molecular flexibility index (Phi) is 9.42. The first-order chi connectivity index (χ1) is 13.2. The Morgan fingerprint density at radius 3 is 2.70 bits per heavy atom. The fourth-order valence-corrected chi connectivity index (χ4v) is 3.10. The summed E-state index contributed by atoms with van der Waals surface area (Å²) in [7, 11) is 3.48. The lowest BCUT2D eigenvalue weighted by Gasteiger charge is -2.20.